The molecule has 2 rings (SSSR count). The number of piperidine rings is 1. The SMILES string of the molecule is Cc1cccc(CCC(=O)NC2(C)CCNCC2)c1. The highest BCUT2D eigenvalue weighted by atomic mass is 16.1. The van der Waals surface area contributed by atoms with E-state index in [-0.39, 0.29) is 11.4 Å². The molecule has 0 atom stereocenters. The minimum absolute atomic E-state index is 0.0189. The number of aryl methyl sites for hydroxylation is 2. The molecule has 1 saturated heterocycles. The van der Waals surface area contributed by atoms with Crippen LogP contribution < -0.4 is 10.6 Å². The van der Waals surface area contributed by atoms with Gasteiger partial charge in [-0.05, 0) is 51.8 Å². The lowest BCUT2D eigenvalue weighted by molar-refractivity contribution is -0.123. The molecule has 0 aromatic heterocycles. The molecule has 1 aromatic rings. The number of carbonyl (C=O) groups excluding carboxylic acids is 1. The Morgan fingerprint density at radius 2 is 2.11 bits per heavy atom. The highest BCUT2D eigenvalue weighted by molar-refractivity contribution is 5.77. The Morgan fingerprint density at radius 1 is 1.37 bits per heavy atom. The highest BCUT2D eigenvalue weighted by Gasteiger charge is 2.27. The van der Waals surface area contributed by atoms with Gasteiger partial charge in [0.1, 0.15) is 0 Å². The summed E-state index contributed by atoms with van der Waals surface area (Å²) in [6, 6.07) is 8.38. The highest BCUT2D eigenvalue weighted by Crippen LogP contribution is 2.17. The maximum absolute atomic E-state index is 12.0. The summed E-state index contributed by atoms with van der Waals surface area (Å²) in [4.78, 5) is 12.0. The van der Waals surface area contributed by atoms with Gasteiger partial charge in [-0.1, -0.05) is 29.8 Å². The monoisotopic (exact) mass is 260 g/mol. The number of benzene rings is 1. The van der Waals surface area contributed by atoms with Crippen molar-refractivity contribution in [3.63, 3.8) is 0 Å². The van der Waals surface area contributed by atoms with Gasteiger partial charge in [0.2, 0.25) is 5.91 Å². The first-order chi connectivity index (χ1) is 9.07. The number of rotatable bonds is 4. The molecule has 19 heavy (non-hydrogen) atoms. The third-order valence-corrected chi connectivity index (χ3v) is 3.87. The molecule has 104 valence electrons. The number of hydrogen-bond donors (Lipinski definition) is 2. The maximum Gasteiger partial charge on any atom is 0.220 e. The van der Waals surface area contributed by atoms with E-state index in [1.54, 1.807) is 0 Å². The molecule has 0 bridgehead atoms. The molecule has 2 N–H and O–H groups in total. The van der Waals surface area contributed by atoms with Gasteiger partial charge in [-0.2, -0.15) is 0 Å². The largest absolute Gasteiger partial charge is 0.351 e. The fourth-order valence-electron chi connectivity index (χ4n) is 2.63. The quantitative estimate of drug-likeness (QED) is 0.871. The Morgan fingerprint density at radius 3 is 2.79 bits per heavy atom. The van der Waals surface area contributed by atoms with E-state index >= 15 is 0 Å². The molecule has 3 heteroatoms. The molecule has 0 unspecified atom stereocenters. The van der Waals surface area contributed by atoms with Crippen LogP contribution in [0.1, 0.15) is 37.3 Å². The minimum atomic E-state index is -0.0189. The summed E-state index contributed by atoms with van der Waals surface area (Å²) in [5.41, 5.74) is 2.48. The van der Waals surface area contributed by atoms with E-state index in [0.717, 1.165) is 32.4 Å². The van der Waals surface area contributed by atoms with Gasteiger partial charge in [0.15, 0.2) is 0 Å². The van der Waals surface area contributed by atoms with Crippen LogP contribution in [0.4, 0.5) is 0 Å². The topological polar surface area (TPSA) is 41.1 Å². The Kier molecular flexibility index (Phi) is 4.59. The van der Waals surface area contributed by atoms with Gasteiger partial charge in [-0.25, -0.2) is 0 Å². The van der Waals surface area contributed by atoms with Gasteiger partial charge in [0, 0.05) is 12.0 Å². The molecule has 1 aromatic carbocycles. The molecular formula is C16H24N2O. The molecule has 1 amide bonds. The summed E-state index contributed by atoms with van der Waals surface area (Å²) in [5, 5.41) is 6.53. The number of nitrogens with one attached hydrogen (secondary N) is 2. The Bertz CT molecular complexity index is 436. The van der Waals surface area contributed by atoms with E-state index < -0.39 is 0 Å². The van der Waals surface area contributed by atoms with Gasteiger partial charge < -0.3 is 10.6 Å². The zero-order valence-corrected chi connectivity index (χ0v) is 12.0. The lowest BCUT2D eigenvalue weighted by Gasteiger charge is -2.35. The number of hydrogen-bond acceptors (Lipinski definition) is 2. The average molecular weight is 260 g/mol. The Hall–Kier alpha value is -1.35. The Labute approximate surface area is 115 Å². The van der Waals surface area contributed by atoms with Crippen molar-refractivity contribution in [3.8, 4) is 0 Å². The molecule has 0 saturated carbocycles. The van der Waals surface area contributed by atoms with E-state index in [1.165, 1.54) is 11.1 Å². The molecule has 3 nitrogen and oxygen atoms in total. The molecule has 1 heterocycles. The van der Waals surface area contributed by atoms with Gasteiger partial charge in [-0.15, -0.1) is 0 Å². The molecule has 1 aliphatic heterocycles. The lowest BCUT2D eigenvalue weighted by Crippen LogP contribution is -2.52. The summed E-state index contributed by atoms with van der Waals surface area (Å²) < 4.78 is 0. The smallest absolute Gasteiger partial charge is 0.220 e. The second-order valence-corrected chi connectivity index (χ2v) is 5.85. The summed E-state index contributed by atoms with van der Waals surface area (Å²) >= 11 is 0. The number of carbonyl (C=O) groups is 1. The maximum atomic E-state index is 12.0. The summed E-state index contributed by atoms with van der Waals surface area (Å²) in [6.45, 7) is 6.22. The van der Waals surface area contributed by atoms with E-state index in [2.05, 4.69) is 48.7 Å². The van der Waals surface area contributed by atoms with Crippen molar-refractivity contribution in [2.75, 3.05) is 13.1 Å². The first kappa shape index (κ1) is 14.1. The molecular weight excluding hydrogens is 236 g/mol. The van der Waals surface area contributed by atoms with E-state index in [1.807, 2.05) is 0 Å². The minimum Gasteiger partial charge on any atom is -0.351 e. The van der Waals surface area contributed by atoms with Crippen LogP contribution in [-0.4, -0.2) is 24.5 Å². The van der Waals surface area contributed by atoms with Gasteiger partial charge in [-0.3, -0.25) is 4.79 Å². The normalized spacial score (nSPS) is 18.0. The van der Waals surface area contributed by atoms with Crippen molar-refractivity contribution in [2.45, 2.75) is 45.1 Å². The van der Waals surface area contributed by atoms with Crippen LogP contribution in [0.3, 0.4) is 0 Å². The summed E-state index contributed by atoms with van der Waals surface area (Å²) in [7, 11) is 0. The van der Waals surface area contributed by atoms with Crippen molar-refractivity contribution in [1.82, 2.24) is 10.6 Å². The fourth-order valence-corrected chi connectivity index (χ4v) is 2.63. The van der Waals surface area contributed by atoms with Crippen LogP contribution in [0.2, 0.25) is 0 Å². The number of amides is 1. The third-order valence-electron chi connectivity index (χ3n) is 3.87. The van der Waals surface area contributed by atoms with Crippen LogP contribution in [-0.2, 0) is 11.2 Å². The van der Waals surface area contributed by atoms with Gasteiger partial charge in [0.05, 0.1) is 0 Å². The van der Waals surface area contributed by atoms with E-state index in [9.17, 15) is 4.79 Å². The lowest BCUT2D eigenvalue weighted by atomic mass is 9.90. The van der Waals surface area contributed by atoms with Crippen molar-refractivity contribution in [3.05, 3.63) is 35.4 Å². The molecule has 0 aliphatic carbocycles. The van der Waals surface area contributed by atoms with Crippen molar-refractivity contribution in [2.24, 2.45) is 0 Å². The van der Waals surface area contributed by atoms with Crippen molar-refractivity contribution >= 4 is 5.91 Å². The predicted molar refractivity (Wildman–Crippen MR) is 78.2 cm³/mol. The van der Waals surface area contributed by atoms with Crippen molar-refractivity contribution in [1.29, 1.82) is 0 Å². The molecule has 1 aliphatic rings. The fraction of sp³-hybridized carbons (Fsp3) is 0.562. The van der Waals surface area contributed by atoms with Crippen LogP contribution in [0.15, 0.2) is 24.3 Å². The van der Waals surface area contributed by atoms with Crippen molar-refractivity contribution < 1.29 is 4.79 Å². The van der Waals surface area contributed by atoms with Gasteiger partial charge in [0.25, 0.3) is 0 Å². The third kappa shape index (κ3) is 4.35. The average Bonchev–Trinajstić information content (AvgIpc) is 2.37. The molecule has 1 fully saturated rings. The van der Waals surface area contributed by atoms with Crippen LogP contribution >= 0.6 is 0 Å². The Balaban J connectivity index is 1.81. The first-order valence-electron chi connectivity index (χ1n) is 7.15. The first-order valence-corrected chi connectivity index (χ1v) is 7.15. The standard InChI is InChI=1S/C16H24N2O/c1-13-4-3-5-14(12-13)6-7-15(19)18-16(2)8-10-17-11-9-16/h3-5,12,17H,6-11H2,1-2H3,(H,18,19). The van der Waals surface area contributed by atoms with Crippen LogP contribution in [0, 0.1) is 6.92 Å². The molecule has 0 radical (unpaired) electrons. The zero-order valence-electron chi connectivity index (χ0n) is 12.0. The van der Waals surface area contributed by atoms with Gasteiger partial charge >= 0.3 is 0 Å². The summed E-state index contributed by atoms with van der Waals surface area (Å²) in [6.07, 6.45) is 3.43. The second kappa shape index (κ2) is 6.20. The molecule has 0 spiro atoms. The zero-order chi connectivity index (χ0) is 13.7. The van der Waals surface area contributed by atoms with E-state index in [4.69, 9.17) is 0 Å². The van der Waals surface area contributed by atoms with E-state index in [0.29, 0.717) is 6.42 Å². The van der Waals surface area contributed by atoms with Crippen LogP contribution in [0.5, 0.6) is 0 Å². The summed E-state index contributed by atoms with van der Waals surface area (Å²) in [5.74, 6) is 0.172. The second-order valence-electron chi connectivity index (χ2n) is 5.85. The van der Waals surface area contributed by atoms with Crippen LogP contribution in [0.25, 0.3) is 0 Å². The predicted octanol–water partition coefficient (Wildman–Crippen LogP) is 2.19.